The maximum atomic E-state index is 13.6. The van der Waals surface area contributed by atoms with Crippen LogP contribution < -0.4 is 20.3 Å². The molecule has 0 aliphatic carbocycles. The van der Waals surface area contributed by atoms with Crippen LogP contribution in [0.5, 0.6) is 11.6 Å². The van der Waals surface area contributed by atoms with Crippen molar-refractivity contribution in [3.8, 4) is 23.0 Å². The molecular weight excluding hydrogens is 460 g/mol. The van der Waals surface area contributed by atoms with Crippen molar-refractivity contribution in [2.45, 2.75) is 52.1 Å². The molecule has 4 rings (SSSR count). The molecule has 3 aromatic heterocycles. The lowest BCUT2D eigenvalue weighted by Gasteiger charge is -2.26. The molecule has 1 aliphatic heterocycles. The molecule has 10 heteroatoms. The Balaban J connectivity index is 1.61. The van der Waals surface area contributed by atoms with Gasteiger partial charge in [0.05, 0.1) is 25.3 Å². The zero-order chi connectivity index (χ0) is 25.5. The molecule has 0 spiro atoms. The van der Waals surface area contributed by atoms with Crippen LogP contribution >= 0.6 is 0 Å². The lowest BCUT2D eigenvalue weighted by atomic mass is 10.1. The molecule has 1 saturated heterocycles. The van der Waals surface area contributed by atoms with Gasteiger partial charge in [0.15, 0.2) is 5.65 Å². The molecule has 0 saturated carbocycles. The first kappa shape index (κ1) is 25.6. The predicted octanol–water partition coefficient (Wildman–Crippen LogP) is 2.64. The third-order valence-electron chi connectivity index (χ3n) is 6.07. The van der Waals surface area contributed by atoms with Gasteiger partial charge in [-0.3, -0.25) is 14.2 Å². The lowest BCUT2D eigenvalue weighted by molar-refractivity contribution is -0.122. The van der Waals surface area contributed by atoms with Gasteiger partial charge in [0, 0.05) is 30.4 Å². The van der Waals surface area contributed by atoms with Crippen molar-refractivity contribution < 1.29 is 14.3 Å². The Bertz CT molecular complexity index is 1250. The van der Waals surface area contributed by atoms with Crippen LogP contribution in [0.4, 0.5) is 0 Å². The van der Waals surface area contributed by atoms with Gasteiger partial charge in [0.2, 0.25) is 11.8 Å². The SMILES string of the molecule is COc1cc(-c2nc3ncc(OCCCN4CCCCC4)cc3c(=O)n2CC(=O)NC(C)C)ccn1. The lowest BCUT2D eigenvalue weighted by Crippen LogP contribution is -2.37. The van der Waals surface area contributed by atoms with E-state index in [0.717, 1.165) is 26.1 Å². The number of ether oxygens (including phenoxy) is 2. The van der Waals surface area contributed by atoms with Crippen molar-refractivity contribution in [3.63, 3.8) is 0 Å². The van der Waals surface area contributed by atoms with Crippen LogP contribution in [0.25, 0.3) is 22.4 Å². The molecule has 1 aliphatic rings. The summed E-state index contributed by atoms with van der Waals surface area (Å²) in [6.45, 7) is 7.40. The number of pyridine rings is 2. The summed E-state index contributed by atoms with van der Waals surface area (Å²) >= 11 is 0. The summed E-state index contributed by atoms with van der Waals surface area (Å²) in [4.78, 5) is 41.8. The van der Waals surface area contributed by atoms with Crippen LogP contribution in [-0.4, -0.2) is 69.7 Å². The Hall–Kier alpha value is -3.53. The van der Waals surface area contributed by atoms with E-state index < -0.39 is 0 Å². The van der Waals surface area contributed by atoms with Gasteiger partial charge in [-0.15, -0.1) is 0 Å². The fourth-order valence-electron chi connectivity index (χ4n) is 4.37. The van der Waals surface area contributed by atoms with E-state index in [1.54, 1.807) is 30.6 Å². The predicted molar refractivity (Wildman–Crippen MR) is 137 cm³/mol. The van der Waals surface area contributed by atoms with Crippen LogP contribution in [0.2, 0.25) is 0 Å². The van der Waals surface area contributed by atoms with Crippen LogP contribution in [0, 0.1) is 0 Å². The largest absolute Gasteiger partial charge is 0.492 e. The summed E-state index contributed by atoms with van der Waals surface area (Å²) in [5.41, 5.74) is 0.515. The number of likely N-dealkylation sites (tertiary alicyclic amines) is 1. The maximum Gasteiger partial charge on any atom is 0.263 e. The highest BCUT2D eigenvalue weighted by atomic mass is 16.5. The number of hydrogen-bond acceptors (Lipinski definition) is 8. The molecule has 1 fully saturated rings. The zero-order valence-electron chi connectivity index (χ0n) is 21.2. The van der Waals surface area contributed by atoms with Gasteiger partial charge < -0.3 is 19.7 Å². The summed E-state index contributed by atoms with van der Waals surface area (Å²) in [6.07, 6.45) is 7.89. The van der Waals surface area contributed by atoms with E-state index in [-0.39, 0.29) is 29.7 Å². The van der Waals surface area contributed by atoms with Gasteiger partial charge in [-0.1, -0.05) is 6.42 Å². The smallest absolute Gasteiger partial charge is 0.263 e. The second-order valence-electron chi connectivity index (χ2n) is 9.28. The highest BCUT2D eigenvalue weighted by molar-refractivity contribution is 5.80. The van der Waals surface area contributed by atoms with E-state index in [0.29, 0.717) is 35.0 Å². The van der Waals surface area contributed by atoms with Crippen LogP contribution in [0.15, 0.2) is 35.4 Å². The van der Waals surface area contributed by atoms with E-state index in [1.165, 1.54) is 30.9 Å². The van der Waals surface area contributed by atoms with E-state index in [2.05, 4.69) is 25.2 Å². The summed E-state index contributed by atoms with van der Waals surface area (Å²) in [5, 5.41) is 3.13. The van der Waals surface area contributed by atoms with Crippen LogP contribution in [0.3, 0.4) is 0 Å². The summed E-state index contributed by atoms with van der Waals surface area (Å²) in [7, 11) is 1.51. The quantitative estimate of drug-likeness (QED) is 0.428. The topological polar surface area (TPSA) is 111 Å². The first-order chi connectivity index (χ1) is 17.4. The van der Waals surface area contributed by atoms with E-state index >= 15 is 0 Å². The van der Waals surface area contributed by atoms with E-state index in [4.69, 9.17) is 9.47 Å². The number of amides is 1. The Morgan fingerprint density at radius 3 is 2.72 bits per heavy atom. The highest BCUT2D eigenvalue weighted by Crippen LogP contribution is 2.23. The molecular formula is C26H34N6O4. The number of hydrogen-bond donors (Lipinski definition) is 1. The Labute approximate surface area is 210 Å². The summed E-state index contributed by atoms with van der Waals surface area (Å²) in [5.74, 6) is 0.918. The van der Waals surface area contributed by atoms with Crippen molar-refractivity contribution in [2.24, 2.45) is 0 Å². The van der Waals surface area contributed by atoms with E-state index in [9.17, 15) is 9.59 Å². The molecule has 1 N–H and O–H groups in total. The zero-order valence-corrected chi connectivity index (χ0v) is 21.2. The van der Waals surface area contributed by atoms with Crippen molar-refractivity contribution >= 4 is 16.9 Å². The second kappa shape index (κ2) is 11.9. The minimum atomic E-state index is -0.365. The molecule has 10 nitrogen and oxygen atoms in total. The third-order valence-corrected chi connectivity index (χ3v) is 6.07. The van der Waals surface area contributed by atoms with Crippen molar-refractivity contribution in [3.05, 3.63) is 40.9 Å². The standard InChI is InChI=1S/C26H34N6O4/c1-18(2)29-22(33)17-32-25(19-8-9-27-23(14-19)35-3)30-24-21(26(32)34)15-20(16-28-24)36-13-7-12-31-10-5-4-6-11-31/h8-9,14-16,18H,4-7,10-13,17H2,1-3H3,(H,29,33). The van der Waals surface area contributed by atoms with Crippen molar-refractivity contribution in [1.29, 1.82) is 0 Å². The Kier molecular flexibility index (Phi) is 8.48. The number of piperidine rings is 1. The van der Waals surface area contributed by atoms with Gasteiger partial charge in [0.1, 0.15) is 18.1 Å². The minimum absolute atomic E-state index is 0.0577. The molecule has 0 radical (unpaired) electrons. The first-order valence-corrected chi connectivity index (χ1v) is 12.5. The average Bonchev–Trinajstić information content (AvgIpc) is 2.88. The fourth-order valence-corrected chi connectivity index (χ4v) is 4.37. The molecule has 0 aromatic carbocycles. The number of fused-ring (bicyclic) bond motifs is 1. The number of carbonyl (C=O) groups excluding carboxylic acids is 1. The molecule has 0 unspecified atom stereocenters. The van der Waals surface area contributed by atoms with Gasteiger partial charge in [-0.05, 0) is 58.3 Å². The maximum absolute atomic E-state index is 13.6. The van der Waals surface area contributed by atoms with Gasteiger partial charge in [-0.2, -0.15) is 0 Å². The highest BCUT2D eigenvalue weighted by Gasteiger charge is 2.18. The first-order valence-electron chi connectivity index (χ1n) is 12.5. The number of methoxy groups -OCH3 is 1. The van der Waals surface area contributed by atoms with Crippen molar-refractivity contribution in [1.82, 2.24) is 29.7 Å². The fraction of sp³-hybridized carbons (Fsp3) is 0.500. The summed E-state index contributed by atoms with van der Waals surface area (Å²) < 4.78 is 12.5. The van der Waals surface area contributed by atoms with Crippen LogP contribution in [0.1, 0.15) is 39.5 Å². The number of carbonyl (C=O) groups is 1. The van der Waals surface area contributed by atoms with Gasteiger partial charge in [-0.25, -0.2) is 15.0 Å². The summed E-state index contributed by atoms with van der Waals surface area (Å²) in [6, 6.07) is 4.99. The normalized spacial score (nSPS) is 14.2. The van der Waals surface area contributed by atoms with Gasteiger partial charge in [0.25, 0.3) is 5.56 Å². The Morgan fingerprint density at radius 1 is 1.17 bits per heavy atom. The number of nitrogens with zero attached hydrogens (tertiary/aromatic N) is 5. The molecule has 192 valence electrons. The third kappa shape index (κ3) is 6.37. The average molecular weight is 495 g/mol. The van der Waals surface area contributed by atoms with Crippen LogP contribution in [-0.2, 0) is 11.3 Å². The molecule has 0 bridgehead atoms. The second-order valence-corrected chi connectivity index (χ2v) is 9.28. The minimum Gasteiger partial charge on any atom is -0.492 e. The molecule has 1 amide bonds. The molecule has 0 atom stereocenters. The number of aromatic nitrogens is 4. The van der Waals surface area contributed by atoms with E-state index in [1.807, 2.05) is 13.8 Å². The van der Waals surface area contributed by atoms with Gasteiger partial charge >= 0.3 is 0 Å². The monoisotopic (exact) mass is 494 g/mol. The number of rotatable bonds is 10. The molecule has 36 heavy (non-hydrogen) atoms. The Morgan fingerprint density at radius 2 is 1.97 bits per heavy atom. The number of nitrogens with one attached hydrogen (secondary N) is 1. The molecule has 3 aromatic rings. The van der Waals surface area contributed by atoms with Crippen molar-refractivity contribution in [2.75, 3.05) is 33.4 Å². The molecule has 4 heterocycles.